The molecule has 23 rings (SSSR count). The lowest BCUT2D eigenvalue weighted by Crippen LogP contribution is -1.91. The number of benzene rings is 19. The number of rotatable bonds is 6. The molecule has 0 N–H and O–H groups in total. The SMILES string of the molecule is Cc1cc(-c2cc(C)c3c(c2)-c2cc(C)cc(C)c2C3)cc(-c2ccc3c(c2)c2cc(C)ccc2n3C)c1.Cc1cc(-c2ccc3c(c2)-c2cc(C)ccc2C3C)cc(-c2ccc3c4ccccc4c4ccccc4c3c2)c1.Cc1cc(-c2ccc3c4ccccc4c4ccccc4c3c2)cc(-c2ccc3c4cc(C)ccc4n(C)c3c2)c1. The van der Waals surface area contributed by atoms with Crippen molar-refractivity contribution < 1.29 is 0 Å². The summed E-state index contributed by atoms with van der Waals surface area (Å²) >= 11 is 0. The third kappa shape index (κ3) is 12.1. The maximum atomic E-state index is 2.43. The molecule has 118 heavy (non-hydrogen) atoms. The average molecular weight is 1510 g/mol. The van der Waals surface area contributed by atoms with Crippen LogP contribution in [0.3, 0.4) is 0 Å². The summed E-state index contributed by atoms with van der Waals surface area (Å²) in [5.41, 5.74) is 43.7. The second-order valence-electron chi connectivity index (χ2n) is 34.3. The van der Waals surface area contributed by atoms with Crippen LogP contribution in [0.15, 0.2) is 322 Å². The Kier molecular flexibility index (Phi) is 17.1. The molecule has 0 radical (unpaired) electrons. The van der Waals surface area contributed by atoms with Crippen LogP contribution in [-0.2, 0) is 20.5 Å². The lowest BCUT2D eigenvalue weighted by atomic mass is 9.90. The van der Waals surface area contributed by atoms with E-state index in [2.05, 4.69) is 414 Å². The highest BCUT2D eigenvalue weighted by Gasteiger charge is 2.28. The summed E-state index contributed by atoms with van der Waals surface area (Å²) in [5.74, 6) is 0.441. The first-order chi connectivity index (χ1) is 57.4. The van der Waals surface area contributed by atoms with E-state index in [-0.39, 0.29) is 0 Å². The van der Waals surface area contributed by atoms with Gasteiger partial charge in [0.15, 0.2) is 0 Å². The molecule has 0 aliphatic heterocycles. The van der Waals surface area contributed by atoms with Crippen molar-refractivity contribution in [3.05, 3.63) is 394 Å². The largest absolute Gasteiger partial charge is 0.344 e. The highest BCUT2D eigenvalue weighted by Crippen LogP contribution is 2.49. The fourth-order valence-corrected chi connectivity index (χ4v) is 20.4. The zero-order valence-electron chi connectivity index (χ0n) is 69.3. The standard InChI is InChI=1S/C40H30.C39H29N.C37H33N/c1-24-12-15-31-26(3)32-16-13-27(22-39(32)38(31)20-24)29-18-25(2)19-30(21-29)28-14-17-37-35-10-5-4-8-33(35)34-9-6-7-11-36(34)40(37)23-28;1-24-12-17-38-37(20-24)35-16-14-27(23-39(35)40(38)3)29-19-25(2)18-28(21-29)26-13-15-34-32-10-5-4-8-30(32)31-9-6-7-11-33(31)36(34)22-26;1-21-7-9-36-34(14-21)35-18-26(8-10-37(35)38(36)6)27-12-23(3)13-28(17-27)29-16-25(5)31-20-30-24(4)11-22(2)15-32(30)33(31)19-29/h4-23,26H,1-3H3;4-23H,1-3H3;7-19H,20H2,1-6H3. The summed E-state index contributed by atoms with van der Waals surface area (Å²) in [7, 11) is 4.34. The van der Waals surface area contributed by atoms with Crippen molar-refractivity contribution in [3.63, 3.8) is 0 Å². The Morgan fingerprint density at radius 2 is 0.483 bits per heavy atom. The summed E-state index contributed by atoms with van der Waals surface area (Å²) in [6.07, 6.45) is 1.05. The third-order valence-electron chi connectivity index (χ3n) is 26.3. The van der Waals surface area contributed by atoms with Crippen molar-refractivity contribution >= 4 is 108 Å². The maximum Gasteiger partial charge on any atom is 0.0494 e. The Labute approximate surface area is 691 Å². The summed E-state index contributed by atoms with van der Waals surface area (Å²) in [4.78, 5) is 0. The van der Waals surface area contributed by atoms with Gasteiger partial charge in [0.05, 0.1) is 0 Å². The van der Waals surface area contributed by atoms with E-state index in [9.17, 15) is 0 Å². The van der Waals surface area contributed by atoms with Gasteiger partial charge in [0.1, 0.15) is 0 Å². The number of aryl methyl sites for hydroxylation is 11. The van der Waals surface area contributed by atoms with E-state index in [1.807, 2.05) is 0 Å². The monoisotopic (exact) mass is 1510 g/mol. The molecule has 21 aromatic rings. The Morgan fingerprint density at radius 1 is 0.195 bits per heavy atom. The van der Waals surface area contributed by atoms with E-state index >= 15 is 0 Å². The average Bonchev–Trinajstić information content (AvgIpc) is 1.37. The third-order valence-corrected chi connectivity index (χ3v) is 26.3. The lowest BCUT2D eigenvalue weighted by molar-refractivity contribution is 0.956. The highest BCUT2D eigenvalue weighted by molar-refractivity contribution is 6.27. The van der Waals surface area contributed by atoms with Gasteiger partial charge in [0, 0.05) is 63.6 Å². The van der Waals surface area contributed by atoms with Gasteiger partial charge in [0.25, 0.3) is 0 Å². The van der Waals surface area contributed by atoms with Crippen LogP contribution in [0.5, 0.6) is 0 Å². The first kappa shape index (κ1) is 72.1. The van der Waals surface area contributed by atoms with Gasteiger partial charge in [-0.15, -0.1) is 0 Å². The number of aromatic nitrogens is 2. The lowest BCUT2D eigenvalue weighted by Gasteiger charge is -2.14. The Bertz CT molecular complexity index is 7790. The number of fused-ring (bicyclic) bond motifs is 24. The Morgan fingerprint density at radius 3 is 0.966 bits per heavy atom. The predicted octanol–water partition coefficient (Wildman–Crippen LogP) is 31.7. The van der Waals surface area contributed by atoms with Crippen LogP contribution in [0.2, 0.25) is 0 Å². The van der Waals surface area contributed by atoms with Gasteiger partial charge in [-0.25, -0.2) is 0 Å². The molecule has 2 heterocycles. The van der Waals surface area contributed by atoms with Crippen LogP contribution in [0.4, 0.5) is 0 Å². The van der Waals surface area contributed by atoms with Crippen molar-refractivity contribution in [2.24, 2.45) is 14.1 Å². The van der Waals surface area contributed by atoms with E-state index in [4.69, 9.17) is 0 Å². The minimum atomic E-state index is 0.441. The molecule has 566 valence electrons. The van der Waals surface area contributed by atoms with Crippen LogP contribution in [0.25, 0.3) is 197 Å². The molecule has 2 aliphatic rings. The summed E-state index contributed by atoms with van der Waals surface area (Å²) < 4.78 is 4.63. The molecule has 2 aliphatic carbocycles. The van der Waals surface area contributed by atoms with Crippen LogP contribution >= 0.6 is 0 Å². The van der Waals surface area contributed by atoms with E-state index in [1.165, 1.54) is 270 Å². The number of hydrogen-bond donors (Lipinski definition) is 0. The molecule has 19 aromatic carbocycles. The number of nitrogens with zero attached hydrogens (tertiary/aromatic N) is 2. The molecule has 0 amide bonds. The van der Waals surface area contributed by atoms with E-state index < -0.39 is 0 Å². The van der Waals surface area contributed by atoms with Gasteiger partial charge in [-0.3, -0.25) is 0 Å². The summed E-state index contributed by atoms with van der Waals surface area (Å²) in [6, 6.07) is 121. The first-order valence-corrected chi connectivity index (χ1v) is 41.9. The van der Waals surface area contributed by atoms with Crippen molar-refractivity contribution in [3.8, 4) is 89.0 Å². The van der Waals surface area contributed by atoms with Crippen LogP contribution in [0, 0.1) is 62.3 Å². The van der Waals surface area contributed by atoms with Crippen molar-refractivity contribution in [2.75, 3.05) is 0 Å². The first-order valence-electron chi connectivity index (χ1n) is 41.9. The van der Waals surface area contributed by atoms with E-state index in [1.54, 1.807) is 0 Å². The second kappa shape index (κ2) is 28.1. The van der Waals surface area contributed by atoms with Crippen molar-refractivity contribution in [1.82, 2.24) is 9.13 Å². The molecule has 0 saturated carbocycles. The maximum absolute atomic E-state index is 2.43. The topological polar surface area (TPSA) is 9.86 Å². The summed E-state index contributed by atoms with van der Waals surface area (Å²) in [5, 5.41) is 21.0. The van der Waals surface area contributed by atoms with Gasteiger partial charge in [-0.1, -0.05) is 266 Å². The Balaban J connectivity index is 0.000000110. The molecular weight excluding hydrogens is 1420 g/mol. The smallest absolute Gasteiger partial charge is 0.0494 e. The van der Waals surface area contributed by atoms with E-state index in [0.29, 0.717) is 5.92 Å². The molecule has 1 unspecified atom stereocenters. The molecule has 2 heteroatoms. The van der Waals surface area contributed by atoms with Gasteiger partial charge >= 0.3 is 0 Å². The van der Waals surface area contributed by atoms with Crippen molar-refractivity contribution in [1.29, 1.82) is 0 Å². The van der Waals surface area contributed by atoms with Gasteiger partial charge in [-0.2, -0.15) is 0 Å². The zero-order chi connectivity index (χ0) is 80.2. The molecule has 0 saturated heterocycles. The van der Waals surface area contributed by atoms with Crippen LogP contribution in [0.1, 0.15) is 85.2 Å². The molecule has 0 bridgehead atoms. The molecule has 1 atom stereocenters. The number of hydrogen-bond acceptors (Lipinski definition) is 0. The van der Waals surface area contributed by atoms with Gasteiger partial charge in [0.2, 0.25) is 0 Å². The van der Waals surface area contributed by atoms with Crippen LogP contribution < -0.4 is 0 Å². The molecule has 0 spiro atoms. The fraction of sp³-hybridized carbons (Fsp3) is 0.121. The van der Waals surface area contributed by atoms with Gasteiger partial charge < -0.3 is 9.13 Å². The molecule has 2 aromatic heterocycles. The molecule has 0 fully saturated rings. The predicted molar refractivity (Wildman–Crippen MR) is 509 cm³/mol. The zero-order valence-corrected chi connectivity index (χ0v) is 69.3. The van der Waals surface area contributed by atoms with Crippen LogP contribution in [-0.4, -0.2) is 9.13 Å². The van der Waals surface area contributed by atoms with Gasteiger partial charge in [-0.05, 0) is 357 Å². The Hall–Kier alpha value is -13.7. The second-order valence-corrected chi connectivity index (χ2v) is 34.3. The molecule has 2 nitrogen and oxygen atoms in total. The minimum Gasteiger partial charge on any atom is -0.344 e. The summed E-state index contributed by atoms with van der Waals surface area (Å²) in [6.45, 7) is 22.2. The highest BCUT2D eigenvalue weighted by atomic mass is 14.9. The normalized spacial score (nSPS) is 12.8. The van der Waals surface area contributed by atoms with Crippen molar-refractivity contribution in [2.45, 2.75) is 81.6 Å². The fourth-order valence-electron chi connectivity index (χ4n) is 20.4. The van der Waals surface area contributed by atoms with E-state index in [0.717, 1.165) is 6.42 Å². The quantitative estimate of drug-likeness (QED) is 0.147. The minimum absolute atomic E-state index is 0.441. The molecular formula is C116H92N2.